The molecule has 0 radical (unpaired) electrons. The van der Waals surface area contributed by atoms with E-state index in [0.29, 0.717) is 12.3 Å². The maximum absolute atomic E-state index is 11.0. The summed E-state index contributed by atoms with van der Waals surface area (Å²) in [5, 5.41) is 8.36. The van der Waals surface area contributed by atoms with Gasteiger partial charge in [0.05, 0.1) is 6.61 Å². The average Bonchev–Trinajstić information content (AvgIpc) is 1.98. The van der Waals surface area contributed by atoms with Crippen LogP contribution >= 0.6 is 0 Å². The van der Waals surface area contributed by atoms with Gasteiger partial charge in [0.1, 0.15) is 12.6 Å². The van der Waals surface area contributed by atoms with Crippen LogP contribution in [-0.2, 0) is 9.53 Å². The fraction of sp³-hybridized carbons (Fsp3) is 0.875. The van der Waals surface area contributed by atoms with Gasteiger partial charge in [-0.3, -0.25) is 4.79 Å². The molecule has 0 spiro atoms. The van der Waals surface area contributed by atoms with Crippen molar-refractivity contribution in [1.29, 1.82) is 0 Å². The number of esters is 1. The van der Waals surface area contributed by atoms with Crippen molar-refractivity contribution in [3.8, 4) is 0 Å². The third kappa shape index (κ3) is 5.09. The Morgan fingerprint density at radius 1 is 1.58 bits per heavy atom. The predicted molar refractivity (Wildman–Crippen MR) is 45.5 cm³/mol. The zero-order valence-electron chi connectivity index (χ0n) is 7.62. The van der Waals surface area contributed by atoms with Crippen LogP contribution in [0.15, 0.2) is 0 Å². The van der Waals surface area contributed by atoms with Gasteiger partial charge in [-0.05, 0) is 12.3 Å². The first-order chi connectivity index (χ1) is 5.57. The number of nitrogens with two attached hydrogens (primary N) is 1. The van der Waals surface area contributed by atoms with Crippen molar-refractivity contribution in [2.24, 2.45) is 11.7 Å². The van der Waals surface area contributed by atoms with Crippen molar-refractivity contribution in [3.63, 3.8) is 0 Å². The SMILES string of the molecule is CC(C)CC(N)C(=O)OCCO. The molecule has 72 valence electrons. The normalized spacial score (nSPS) is 13.1. The topological polar surface area (TPSA) is 72.6 Å². The third-order valence-electron chi connectivity index (χ3n) is 1.36. The number of hydrogen-bond acceptors (Lipinski definition) is 4. The van der Waals surface area contributed by atoms with Gasteiger partial charge in [-0.1, -0.05) is 13.8 Å². The van der Waals surface area contributed by atoms with Crippen molar-refractivity contribution in [2.45, 2.75) is 26.3 Å². The van der Waals surface area contributed by atoms with E-state index in [1.54, 1.807) is 0 Å². The molecule has 0 heterocycles. The highest BCUT2D eigenvalue weighted by atomic mass is 16.5. The largest absolute Gasteiger partial charge is 0.462 e. The molecular formula is C8H17NO3. The molecule has 4 nitrogen and oxygen atoms in total. The quantitative estimate of drug-likeness (QED) is 0.572. The first-order valence-corrected chi connectivity index (χ1v) is 4.11. The van der Waals surface area contributed by atoms with Crippen LogP contribution in [0.25, 0.3) is 0 Å². The van der Waals surface area contributed by atoms with Crippen LogP contribution < -0.4 is 5.73 Å². The third-order valence-corrected chi connectivity index (χ3v) is 1.36. The van der Waals surface area contributed by atoms with Crippen LogP contribution in [-0.4, -0.2) is 30.3 Å². The first kappa shape index (κ1) is 11.4. The van der Waals surface area contributed by atoms with Crippen molar-refractivity contribution in [2.75, 3.05) is 13.2 Å². The minimum Gasteiger partial charge on any atom is -0.462 e. The van der Waals surface area contributed by atoms with E-state index in [2.05, 4.69) is 4.74 Å². The summed E-state index contributed by atoms with van der Waals surface area (Å²) in [6.45, 7) is 3.85. The summed E-state index contributed by atoms with van der Waals surface area (Å²) in [5.74, 6) is -0.0561. The maximum atomic E-state index is 11.0. The van der Waals surface area contributed by atoms with Gasteiger partial charge in [0.25, 0.3) is 0 Å². The summed E-state index contributed by atoms with van der Waals surface area (Å²) in [6, 6.07) is -0.559. The highest BCUT2D eigenvalue weighted by molar-refractivity contribution is 5.75. The zero-order valence-corrected chi connectivity index (χ0v) is 7.62. The van der Waals surface area contributed by atoms with E-state index < -0.39 is 12.0 Å². The lowest BCUT2D eigenvalue weighted by atomic mass is 10.1. The van der Waals surface area contributed by atoms with E-state index in [1.807, 2.05) is 13.8 Å². The fourth-order valence-corrected chi connectivity index (χ4v) is 0.857. The van der Waals surface area contributed by atoms with Gasteiger partial charge in [-0.15, -0.1) is 0 Å². The van der Waals surface area contributed by atoms with E-state index in [1.165, 1.54) is 0 Å². The Bertz CT molecular complexity index is 136. The number of hydrogen-bond donors (Lipinski definition) is 2. The monoisotopic (exact) mass is 175 g/mol. The molecule has 1 atom stereocenters. The zero-order chi connectivity index (χ0) is 9.56. The summed E-state index contributed by atoms with van der Waals surface area (Å²) < 4.78 is 4.64. The molecule has 0 saturated carbocycles. The standard InChI is InChI=1S/C8H17NO3/c1-6(2)5-7(9)8(11)12-4-3-10/h6-7,10H,3-5,9H2,1-2H3. The van der Waals surface area contributed by atoms with Crippen LogP contribution in [0.1, 0.15) is 20.3 Å². The number of aliphatic hydroxyl groups is 1. The fourth-order valence-electron chi connectivity index (χ4n) is 0.857. The molecule has 0 rings (SSSR count). The van der Waals surface area contributed by atoms with Crippen molar-refractivity contribution in [1.82, 2.24) is 0 Å². The number of carbonyl (C=O) groups excluding carboxylic acids is 1. The molecule has 0 amide bonds. The number of carbonyl (C=O) groups is 1. The van der Waals surface area contributed by atoms with E-state index >= 15 is 0 Å². The molecule has 0 aromatic carbocycles. The first-order valence-electron chi connectivity index (χ1n) is 4.11. The van der Waals surface area contributed by atoms with Crippen molar-refractivity contribution < 1.29 is 14.6 Å². The molecule has 0 bridgehead atoms. The van der Waals surface area contributed by atoms with E-state index in [4.69, 9.17) is 10.8 Å². The van der Waals surface area contributed by atoms with Gasteiger partial charge in [0.15, 0.2) is 0 Å². The van der Waals surface area contributed by atoms with Gasteiger partial charge in [-0.25, -0.2) is 0 Å². The lowest BCUT2D eigenvalue weighted by Gasteiger charge is -2.12. The summed E-state index contributed by atoms with van der Waals surface area (Å²) in [4.78, 5) is 11.0. The second kappa shape index (κ2) is 5.97. The molecule has 0 aliphatic heterocycles. The molecule has 0 aliphatic carbocycles. The summed E-state index contributed by atoms with van der Waals surface area (Å²) >= 11 is 0. The molecule has 0 saturated heterocycles. The van der Waals surface area contributed by atoms with Crippen LogP contribution in [0, 0.1) is 5.92 Å². The summed E-state index contributed by atoms with van der Waals surface area (Å²) in [7, 11) is 0. The molecule has 0 aromatic rings. The second-order valence-corrected chi connectivity index (χ2v) is 3.13. The highest BCUT2D eigenvalue weighted by Crippen LogP contribution is 2.03. The van der Waals surface area contributed by atoms with Gasteiger partial charge in [-0.2, -0.15) is 0 Å². The van der Waals surface area contributed by atoms with E-state index in [-0.39, 0.29) is 13.2 Å². The van der Waals surface area contributed by atoms with E-state index in [9.17, 15) is 4.79 Å². The van der Waals surface area contributed by atoms with Crippen LogP contribution in [0.4, 0.5) is 0 Å². The van der Waals surface area contributed by atoms with Crippen LogP contribution in [0.3, 0.4) is 0 Å². The molecular weight excluding hydrogens is 158 g/mol. The number of aliphatic hydroxyl groups excluding tert-OH is 1. The van der Waals surface area contributed by atoms with Gasteiger partial charge >= 0.3 is 5.97 Å². The lowest BCUT2D eigenvalue weighted by molar-refractivity contribution is -0.146. The summed E-state index contributed by atoms with van der Waals surface area (Å²) in [5.41, 5.74) is 5.50. The predicted octanol–water partition coefficient (Wildman–Crippen LogP) is -0.105. The van der Waals surface area contributed by atoms with Crippen molar-refractivity contribution >= 4 is 5.97 Å². The Labute approximate surface area is 72.7 Å². The summed E-state index contributed by atoms with van der Waals surface area (Å²) in [6.07, 6.45) is 0.615. The maximum Gasteiger partial charge on any atom is 0.322 e. The van der Waals surface area contributed by atoms with Gasteiger partial charge in [0, 0.05) is 0 Å². The minimum absolute atomic E-state index is 0.0324. The molecule has 0 aromatic heterocycles. The molecule has 3 N–H and O–H groups in total. The molecule has 0 fully saturated rings. The Balaban J connectivity index is 3.61. The van der Waals surface area contributed by atoms with E-state index in [0.717, 1.165) is 0 Å². The second-order valence-electron chi connectivity index (χ2n) is 3.13. The molecule has 4 heteroatoms. The Kier molecular flexibility index (Phi) is 5.66. The van der Waals surface area contributed by atoms with Crippen molar-refractivity contribution in [3.05, 3.63) is 0 Å². The minimum atomic E-state index is -0.559. The Hall–Kier alpha value is -0.610. The lowest BCUT2D eigenvalue weighted by Crippen LogP contribution is -2.34. The van der Waals surface area contributed by atoms with Crippen LogP contribution in [0.5, 0.6) is 0 Å². The Morgan fingerprint density at radius 2 is 2.17 bits per heavy atom. The Morgan fingerprint density at radius 3 is 2.58 bits per heavy atom. The molecule has 12 heavy (non-hydrogen) atoms. The number of rotatable bonds is 5. The van der Waals surface area contributed by atoms with Gasteiger partial charge < -0.3 is 15.6 Å². The van der Waals surface area contributed by atoms with Crippen LogP contribution in [0.2, 0.25) is 0 Å². The molecule has 0 aliphatic rings. The molecule has 1 unspecified atom stereocenters. The smallest absolute Gasteiger partial charge is 0.322 e. The van der Waals surface area contributed by atoms with Gasteiger partial charge in [0.2, 0.25) is 0 Å². The number of ether oxygens (including phenoxy) is 1. The highest BCUT2D eigenvalue weighted by Gasteiger charge is 2.15. The average molecular weight is 175 g/mol.